The number of fused-ring (bicyclic) bond motifs is 1. The van der Waals surface area contributed by atoms with Crippen molar-refractivity contribution in [2.45, 2.75) is 101 Å². The number of unbranched alkanes of at least 4 members (excludes halogenated alkanes) is 2. The van der Waals surface area contributed by atoms with E-state index < -0.39 is 89.2 Å². The van der Waals surface area contributed by atoms with Crippen LogP contribution in [-0.4, -0.2) is 121 Å². The maximum atomic E-state index is 12.6. The van der Waals surface area contributed by atoms with E-state index in [-0.39, 0.29) is 88.5 Å². The number of aromatic nitrogens is 7. The number of aliphatic hydroxyl groups is 6. The normalized spacial score (nSPS) is 30.6. The quantitative estimate of drug-likeness (QED) is 0.0402. The molecule has 280 valence electrons. The molecule has 2 fully saturated rings. The summed E-state index contributed by atoms with van der Waals surface area (Å²) in [4.78, 5) is 47.1. The van der Waals surface area contributed by atoms with Gasteiger partial charge in [0.25, 0.3) is 21.2 Å². The van der Waals surface area contributed by atoms with Crippen LogP contribution in [0, 0.1) is 0 Å². The van der Waals surface area contributed by atoms with Gasteiger partial charge in [-0.25, -0.2) is 14.0 Å². The zero-order valence-electron chi connectivity index (χ0n) is 28.1. The van der Waals surface area contributed by atoms with Crippen LogP contribution in [0.5, 0.6) is 0 Å². The summed E-state index contributed by atoms with van der Waals surface area (Å²) >= 11 is 0. The SMILES string of the molecule is CCCCCC(O)c1cn(C[C@@H]2O[C@H](OP(=O)([O-])OP(=O)([O-])OC[C@H]3O[C@@H](n4cnc5c(=O)[nH]c(N)nc54)[C@H](O)[C@@H]3O)[C@@H](O)[C@H](O)[C@@H]2O)nn1.[Na+].[Na+]. The molecule has 2 aliphatic rings. The Kier molecular flexibility index (Phi) is 16.6. The minimum absolute atomic E-state index is 0. The van der Waals surface area contributed by atoms with Crippen LogP contribution in [0.15, 0.2) is 17.3 Å². The van der Waals surface area contributed by atoms with Crippen LogP contribution in [0.25, 0.3) is 11.2 Å². The molecule has 3 unspecified atom stereocenters. The number of nitrogen functional groups attached to an aromatic ring is 1. The van der Waals surface area contributed by atoms with Crippen molar-refractivity contribution in [3.8, 4) is 0 Å². The van der Waals surface area contributed by atoms with E-state index in [9.17, 15) is 54.4 Å². The number of anilines is 1. The predicted octanol–water partition coefficient (Wildman–Crippen LogP) is -9.97. The first-order valence-corrected chi connectivity index (χ1v) is 18.1. The summed E-state index contributed by atoms with van der Waals surface area (Å²) in [5.41, 5.74) is 4.72. The van der Waals surface area contributed by atoms with Crippen LogP contribution in [0.4, 0.5) is 5.95 Å². The fraction of sp³-hybridized carbons (Fsp3) is 0.708. The van der Waals surface area contributed by atoms with Gasteiger partial charge in [-0.3, -0.25) is 28.0 Å². The minimum Gasteiger partial charge on any atom is -0.756 e. The predicted molar refractivity (Wildman–Crippen MR) is 158 cm³/mol. The number of aromatic amines is 1. The van der Waals surface area contributed by atoms with Gasteiger partial charge in [-0.2, -0.15) is 4.98 Å². The summed E-state index contributed by atoms with van der Waals surface area (Å²) in [5.74, 6) is -0.295. The van der Waals surface area contributed by atoms with Crippen LogP contribution < -0.4 is 80.2 Å². The van der Waals surface area contributed by atoms with Gasteiger partial charge in [0, 0.05) is 0 Å². The van der Waals surface area contributed by atoms with E-state index in [1.807, 2.05) is 6.92 Å². The third kappa shape index (κ3) is 10.7. The van der Waals surface area contributed by atoms with E-state index >= 15 is 0 Å². The van der Waals surface area contributed by atoms with E-state index in [1.165, 1.54) is 6.20 Å². The van der Waals surface area contributed by atoms with E-state index in [2.05, 4.69) is 38.6 Å². The van der Waals surface area contributed by atoms with Crippen LogP contribution in [0.1, 0.15) is 50.6 Å². The first kappa shape index (κ1) is 45.6. The zero-order chi connectivity index (χ0) is 36.5. The Morgan fingerprint density at radius 2 is 1.71 bits per heavy atom. The number of phosphoric acid groups is 2. The summed E-state index contributed by atoms with van der Waals surface area (Å²) in [6, 6.07) is 0. The number of imidazole rings is 1. The Morgan fingerprint density at radius 1 is 1.02 bits per heavy atom. The van der Waals surface area contributed by atoms with Gasteiger partial charge in [0.1, 0.15) is 48.4 Å². The Morgan fingerprint density at radius 3 is 2.40 bits per heavy atom. The standard InChI is InChI=1S/C24H38N8O16P2.2Na/c1-2-3-4-5-11(33)10-6-31(30-29-10)7-12-15(34)17(36)19(38)23(46-12)47-50(42,43)48-49(40,41)44-8-13-16(35)18(37)22(45-13)32-9-26-14-20(32)27-24(25)28-21(14)39;;/h6,9,11-13,15-19,22-23,33-38H,2-5,7-8H2,1H3,(H,40,41)(H,42,43)(H3,25,27,28,39);;/q;2*+1/p-2/t11?,12-,13+,15+,16+,17+,18+,19-,22+,23+;;/m0../s1. The first-order valence-electron chi connectivity index (χ1n) is 15.2. The molecule has 24 nitrogen and oxygen atoms in total. The van der Waals surface area contributed by atoms with Crippen LogP contribution in [0.2, 0.25) is 0 Å². The molecule has 0 aromatic carbocycles. The van der Waals surface area contributed by atoms with E-state index in [0.29, 0.717) is 6.42 Å². The molecule has 0 radical (unpaired) electrons. The van der Waals surface area contributed by atoms with Gasteiger partial charge >= 0.3 is 59.1 Å². The molecule has 52 heavy (non-hydrogen) atoms. The number of hydrogen-bond donors (Lipinski definition) is 8. The number of nitrogens with one attached hydrogen (secondary N) is 1. The van der Waals surface area contributed by atoms with Crippen molar-refractivity contribution >= 4 is 32.8 Å². The van der Waals surface area contributed by atoms with Crippen molar-refractivity contribution in [3.63, 3.8) is 0 Å². The first-order chi connectivity index (χ1) is 23.5. The second-order valence-electron chi connectivity index (χ2n) is 11.6. The average Bonchev–Trinajstić information content (AvgIpc) is 3.75. The summed E-state index contributed by atoms with van der Waals surface area (Å²) in [6.45, 7) is 0.527. The largest absolute Gasteiger partial charge is 1.00 e. The number of nitrogens with zero attached hydrogens (tertiary/aromatic N) is 6. The molecule has 2 saturated heterocycles. The van der Waals surface area contributed by atoms with Crippen molar-refractivity contribution in [2.75, 3.05) is 12.3 Å². The van der Waals surface area contributed by atoms with E-state index in [1.54, 1.807) is 0 Å². The Balaban J connectivity index is 0.00000364. The Labute approximate surface area is 338 Å². The van der Waals surface area contributed by atoms with Crippen LogP contribution in [0.3, 0.4) is 0 Å². The number of aliphatic hydroxyl groups excluding tert-OH is 6. The second-order valence-corrected chi connectivity index (χ2v) is 14.5. The number of H-pyrrole nitrogens is 1. The molecule has 0 saturated carbocycles. The molecule has 5 heterocycles. The van der Waals surface area contributed by atoms with Crippen molar-refractivity contribution in [1.29, 1.82) is 0 Å². The molecular weight excluding hydrogens is 764 g/mol. The fourth-order valence-electron chi connectivity index (χ4n) is 5.31. The number of hydrogen-bond acceptors (Lipinski definition) is 21. The molecule has 0 amide bonds. The maximum Gasteiger partial charge on any atom is 1.00 e. The van der Waals surface area contributed by atoms with Crippen molar-refractivity contribution in [3.05, 3.63) is 28.6 Å². The average molecular weight is 801 g/mol. The summed E-state index contributed by atoms with van der Waals surface area (Å²) in [7, 11) is -11.8. The molecular formula is C24H36N8Na2O16P2. The van der Waals surface area contributed by atoms with Gasteiger partial charge in [-0.1, -0.05) is 31.4 Å². The van der Waals surface area contributed by atoms with Crippen molar-refractivity contribution in [1.82, 2.24) is 34.5 Å². The number of phosphoric ester groups is 2. The van der Waals surface area contributed by atoms with Gasteiger partial charge < -0.3 is 60.2 Å². The minimum atomic E-state index is -5.99. The van der Waals surface area contributed by atoms with E-state index in [4.69, 9.17) is 15.2 Å². The molecule has 5 rings (SSSR count). The molecule has 28 heteroatoms. The molecule has 0 aliphatic carbocycles. The fourth-order valence-corrected chi connectivity index (χ4v) is 7.39. The second kappa shape index (κ2) is 18.9. The molecule has 9 N–H and O–H groups in total. The van der Waals surface area contributed by atoms with E-state index in [0.717, 1.165) is 34.8 Å². The molecule has 2 aliphatic heterocycles. The Bertz CT molecular complexity index is 1790. The number of ether oxygens (including phenoxy) is 2. The maximum absolute atomic E-state index is 12.6. The smallest absolute Gasteiger partial charge is 0.756 e. The third-order valence-electron chi connectivity index (χ3n) is 7.91. The Hall–Kier alpha value is -0.770. The summed E-state index contributed by atoms with van der Waals surface area (Å²) in [6.07, 6.45) is -12.1. The summed E-state index contributed by atoms with van der Waals surface area (Å²) in [5, 5.41) is 70.0. The van der Waals surface area contributed by atoms with Crippen LogP contribution in [-0.2, 0) is 38.5 Å². The molecule has 0 spiro atoms. The van der Waals surface area contributed by atoms with Crippen molar-refractivity contribution < 1.29 is 132 Å². The van der Waals surface area contributed by atoms with Gasteiger partial charge in [0.2, 0.25) is 5.95 Å². The summed E-state index contributed by atoms with van der Waals surface area (Å²) < 4.78 is 51.2. The molecule has 3 aromatic heterocycles. The molecule has 12 atom stereocenters. The van der Waals surface area contributed by atoms with Crippen molar-refractivity contribution in [2.24, 2.45) is 0 Å². The molecule has 0 bridgehead atoms. The van der Waals surface area contributed by atoms with Gasteiger partial charge in [-0.15, -0.1) is 5.10 Å². The zero-order valence-corrected chi connectivity index (χ0v) is 33.9. The molecule has 3 aromatic rings. The van der Waals surface area contributed by atoms with Crippen LogP contribution >= 0.6 is 15.6 Å². The third-order valence-corrected chi connectivity index (χ3v) is 10.4. The van der Waals surface area contributed by atoms with Gasteiger partial charge in [-0.05, 0) is 6.42 Å². The van der Waals surface area contributed by atoms with Gasteiger partial charge in [0.15, 0.2) is 23.7 Å². The number of nitrogens with two attached hydrogens (primary N) is 1. The topological polar surface area (TPSA) is 368 Å². The van der Waals surface area contributed by atoms with Gasteiger partial charge in [0.05, 0.1) is 31.8 Å². The monoisotopic (exact) mass is 800 g/mol. The number of rotatable bonds is 15.